The summed E-state index contributed by atoms with van der Waals surface area (Å²) in [7, 11) is 0. The van der Waals surface area contributed by atoms with E-state index in [0.717, 1.165) is 0 Å². The van der Waals surface area contributed by atoms with E-state index < -0.39 is 0 Å². The summed E-state index contributed by atoms with van der Waals surface area (Å²) in [6, 6.07) is 0. The molecule has 0 heterocycles. The molecule has 1 heteroatoms. The highest BCUT2D eigenvalue weighted by Gasteiger charge is 2.07. The van der Waals surface area contributed by atoms with Crippen LogP contribution in [0, 0.1) is 0 Å². The summed E-state index contributed by atoms with van der Waals surface area (Å²) in [6.45, 7) is 0. The van der Waals surface area contributed by atoms with Gasteiger partial charge in [0, 0.05) is 0 Å². The van der Waals surface area contributed by atoms with Crippen LogP contribution in [0.4, 0.5) is 0 Å². The summed E-state index contributed by atoms with van der Waals surface area (Å²) in [5.41, 5.74) is 1.49. The summed E-state index contributed by atoms with van der Waals surface area (Å²) >= 11 is 3.92. The average molecular weight is 86.2 g/mol. The highest BCUT2D eigenvalue weighted by molar-refractivity contribution is 7.83. The van der Waals surface area contributed by atoms with E-state index in [-0.39, 0.29) is 0 Å². The third-order valence-corrected chi connectivity index (χ3v) is 1.09. The van der Waals surface area contributed by atoms with Gasteiger partial charge >= 0.3 is 0 Å². The Morgan fingerprint density at radius 3 is 2.20 bits per heavy atom. The van der Waals surface area contributed by atoms with Crippen molar-refractivity contribution in [2.24, 2.45) is 0 Å². The second-order valence-electron chi connectivity index (χ2n) is 1.29. The molecule has 1 aliphatic rings. The van der Waals surface area contributed by atoms with Crippen molar-refractivity contribution in [3.8, 4) is 0 Å². The third-order valence-electron chi connectivity index (χ3n) is 0.721. The Hall–Kier alpha value is 0.0900. The van der Waals surface area contributed by atoms with E-state index in [1.165, 1.54) is 18.4 Å². The van der Waals surface area contributed by atoms with Crippen molar-refractivity contribution in [1.82, 2.24) is 0 Å². The quantitative estimate of drug-likeness (QED) is 0.425. The molecule has 0 aliphatic heterocycles. The maximum atomic E-state index is 3.92. The van der Waals surface area contributed by atoms with E-state index in [1.54, 1.807) is 0 Å². The van der Waals surface area contributed by atoms with Crippen LogP contribution in [0.25, 0.3) is 0 Å². The molecule has 28 valence electrons. The molecule has 0 nitrogen and oxygen atoms in total. The van der Waals surface area contributed by atoms with Gasteiger partial charge in [-0.25, -0.2) is 0 Å². The second kappa shape index (κ2) is 1.05. The van der Waals surface area contributed by atoms with Crippen molar-refractivity contribution in [3.63, 3.8) is 0 Å². The predicted molar refractivity (Wildman–Crippen MR) is 26.3 cm³/mol. The molecule has 1 fully saturated rings. The minimum absolute atomic E-state index is 1.30. The molecule has 0 aromatic carbocycles. The zero-order valence-corrected chi connectivity index (χ0v) is 3.83. The largest absolute Gasteiger partial charge is 0.151 e. The van der Waals surface area contributed by atoms with Crippen LogP contribution in [0.1, 0.15) is 12.8 Å². The highest BCUT2D eigenvalue weighted by Crippen LogP contribution is 2.27. The van der Waals surface area contributed by atoms with Gasteiger partial charge in [-0.15, -0.1) is 0 Å². The summed E-state index contributed by atoms with van der Waals surface area (Å²) in [6.07, 6.45) is 2.59. The first kappa shape index (κ1) is 3.29. The zero-order chi connectivity index (χ0) is 3.70. The summed E-state index contributed by atoms with van der Waals surface area (Å²) in [5.74, 6) is 0. The Balaban J connectivity index is 2.46. The van der Waals surface area contributed by atoms with Crippen molar-refractivity contribution in [2.45, 2.75) is 12.8 Å². The first-order valence-corrected chi connectivity index (χ1v) is 2.27. The molecule has 0 unspecified atom stereocenters. The van der Waals surface area contributed by atoms with Crippen LogP contribution in [0.5, 0.6) is 0 Å². The first-order valence-electron chi connectivity index (χ1n) is 1.75. The van der Waals surface area contributed by atoms with Crippen LogP contribution in [0.15, 0.2) is 11.0 Å². The summed E-state index contributed by atoms with van der Waals surface area (Å²) < 4.78 is 0. The van der Waals surface area contributed by atoms with Gasteiger partial charge < -0.3 is 0 Å². The predicted octanol–water partition coefficient (Wildman–Crippen LogP) is 1.59. The Morgan fingerprint density at radius 1 is 1.60 bits per heavy atom. The summed E-state index contributed by atoms with van der Waals surface area (Å²) in [5, 5.41) is 1.89. The molecule has 1 rings (SSSR count). The maximum absolute atomic E-state index is 3.92. The number of hydrogen-bond donors (Lipinski definition) is 1. The SMILES string of the molecule is SC=C1CC1. The molecule has 0 N–H and O–H groups in total. The fraction of sp³-hybridized carbons (Fsp3) is 0.500. The Kier molecular flexibility index (Phi) is 0.692. The molecule has 0 spiro atoms. The van der Waals surface area contributed by atoms with Crippen LogP contribution in [-0.2, 0) is 0 Å². The van der Waals surface area contributed by atoms with Crippen molar-refractivity contribution < 1.29 is 0 Å². The van der Waals surface area contributed by atoms with Gasteiger partial charge in [0.1, 0.15) is 0 Å². The molecule has 0 atom stereocenters. The molecule has 1 saturated carbocycles. The molecule has 0 bridgehead atoms. The number of rotatable bonds is 0. The van der Waals surface area contributed by atoms with E-state index in [4.69, 9.17) is 0 Å². The van der Waals surface area contributed by atoms with Gasteiger partial charge in [0.2, 0.25) is 0 Å². The van der Waals surface area contributed by atoms with E-state index in [2.05, 4.69) is 12.6 Å². The molecule has 0 saturated heterocycles. The number of hydrogen-bond acceptors (Lipinski definition) is 1. The Labute approximate surface area is 37.3 Å². The lowest BCUT2D eigenvalue weighted by Gasteiger charge is -1.52. The lowest BCUT2D eigenvalue weighted by Crippen LogP contribution is -1.25. The standard InChI is InChI=1S/C4H6S/c5-3-4-1-2-4/h3,5H,1-2H2. The fourth-order valence-corrected chi connectivity index (χ4v) is 0.459. The van der Waals surface area contributed by atoms with Crippen molar-refractivity contribution in [2.75, 3.05) is 0 Å². The van der Waals surface area contributed by atoms with Gasteiger partial charge in [-0.2, -0.15) is 12.6 Å². The maximum Gasteiger partial charge on any atom is -0.0274 e. The van der Waals surface area contributed by atoms with E-state index >= 15 is 0 Å². The second-order valence-corrected chi connectivity index (χ2v) is 1.55. The monoisotopic (exact) mass is 86.0 g/mol. The third kappa shape index (κ3) is 0.690. The minimum atomic E-state index is 1.30. The minimum Gasteiger partial charge on any atom is -0.151 e. The van der Waals surface area contributed by atoms with Crippen LogP contribution in [0.3, 0.4) is 0 Å². The van der Waals surface area contributed by atoms with Gasteiger partial charge in [0.05, 0.1) is 0 Å². The molecular weight excluding hydrogens is 80.1 g/mol. The highest BCUT2D eigenvalue weighted by atomic mass is 32.1. The average Bonchev–Trinajstić information content (AvgIpc) is 2.12. The van der Waals surface area contributed by atoms with Crippen LogP contribution in [0.2, 0.25) is 0 Å². The van der Waals surface area contributed by atoms with Gasteiger partial charge in [-0.05, 0) is 18.2 Å². The van der Waals surface area contributed by atoms with Gasteiger partial charge in [0.25, 0.3) is 0 Å². The van der Waals surface area contributed by atoms with Crippen molar-refractivity contribution >= 4 is 12.6 Å². The van der Waals surface area contributed by atoms with Crippen LogP contribution < -0.4 is 0 Å². The Morgan fingerprint density at radius 2 is 2.20 bits per heavy atom. The molecule has 0 aromatic heterocycles. The fourth-order valence-electron chi connectivity index (χ4n) is 0.201. The van der Waals surface area contributed by atoms with Crippen LogP contribution >= 0.6 is 12.6 Å². The smallest absolute Gasteiger partial charge is 0.0274 e. The molecule has 1 aliphatic carbocycles. The lowest BCUT2D eigenvalue weighted by molar-refractivity contribution is 1.50. The molecule has 0 radical (unpaired) electrons. The topological polar surface area (TPSA) is 0 Å². The van der Waals surface area contributed by atoms with E-state index in [9.17, 15) is 0 Å². The van der Waals surface area contributed by atoms with Gasteiger partial charge in [0.15, 0.2) is 0 Å². The lowest BCUT2D eigenvalue weighted by atomic mass is 10.7. The number of allylic oxidation sites excluding steroid dienone is 1. The molecule has 0 aromatic rings. The van der Waals surface area contributed by atoms with Crippen molar-refractivity contribution in [3.05, 3.63) is 11.0 Å². The van der Waals surface area contributed by atoms with E-state index in [0.29, 0.717) is 0 Å². The van der Waals surface area contributed by atoms with Crippen LogP contribution in [-0.4, -0.2) is 0 Å². The van der Waals surface area contributed by atoms with Gasteiger partial charge in [-0.3, -0.25) is 0 Å². The Bertz CT molecular complexity index is 58.0. The normalized spacial score (nSPS) is 19.0. The van der Waals surface area contributed by atoms with Gasteiger partial charge in [-0.1, -0.05) is 5.57 Å². The number of thiol groups is 1. The van der Waals surface area contributed by atoms with Crippen molar-refractivity contribution in [1.29, 1.82) is 0 Å². The zero-order valence-electron chi connectivity index (χ0n) is 2.94. The molecule has 0 amide bonds. The molecule has 5 heavy (non-hydrogen) atoms. The summed E-state index contributed by atoms with van der Waals surface area (Å²) in [4.78, 5) is 0. The molecular formula is C4H6S. The van der Waals surface area contributed by atoms with E-state index in [1.807, 2.05) is 5.41 Å². The first-order chi connectivity index (χ1) is 2.43.